The number of piperidine rings is 1. The highest BCUT2D eigenvalue weighted by Gasteiger charge is 2.52. The van der Waals surface area contributed by atoms with Gasteiger partial charge < -0.3 is 15.0 Å². The topological polar surface area (TPSA) is 54.5 Å². The van der Waals surface area contributed by atoms with Crippen LogP contribution in [-0.4, -0.2) is 41.5 Å². The molecule has 150 valence electrons. The smallest absolute Gasteiger partial charge is 0.279 e. The van der Waals surface area contributed by atoms with E-state index in [0.717, 1.165) is 53.9 Å². The number of thiazole rings is 1. The van der Waals surface area contributed by atoms with Crippen LogP contribution < -0.4 is 10.1 Å². The molecule has 0 bridgehead atoms. The Kier molecular flexibility index (Phi) is 4.97. The minimum absolute atomic E-state index is 0.215. The molecular formula is C23H25N3O2S. The van der Waals surface area contributed by atoms with Crippen molar-refractivity contribution in [3.63, 3.8) is 0 Å². The van der Waals surface area contributed by atoms with Crippen LogP contribution in [0.1, 0.15) is 18.9 Å². The number of likely N-dealkylation sites (tertiary alicyclic amines) is 1. The highest BCUT2D eigenvalue weighted by atomic mass is 32.1. The summed E-state index contributed by atoms with van der Waals surface area (Å²) in [6.45, 7) is 4.47. The van der Waals surface area contributed by atoms with Crippen LogP contribution in [0.5, 0.6) is 10.9 Å². The van der Waals surface area contributed by atoms with Crippen LogP contribution in [0.2, 0.25) is 0 Å². The summed E-state index contributed by atoms with van der Waals surface area (Å²) in [7, 11) is 0. The number of amides is 1. The van der Waals surface area contributed by atoms with Crippen molar-refractivity contribution < 1.29 is 9.53 Å². The molecule has 2 aromatic carbocycles. The SMILES string of the molecule is CC(=O)N1CC2CC2C1CNCCc1ccc(Oc2nc3ccccc3s2)cc1. The number of carbonyl (C=O) groups excluding carboxylic acids is 1. The summed E-state index contributed by atoms with van der Waals surface area (Å²) in [5.74, 6) is 2.51. The summed E-state index contributed by atoms with van der Waals surface area (Å²) >= 11 is 1.56. The summed E-state index contributed by atoms with van der Waals surface area (Å²) in [5.41, 5.74) is 2.24. The Morgan fingerprint density at radius 2 is 2.07 bits per heavy atom. The number of fused-ring (bicyclic) bond motifs is 2. The van der Waals surface area contributed by atoms with Crippen molar-refractivity contribution in [3.05, 3.63) is 54.1 Å². The molecule has 6 heteroatoms. The molecule has 3 unspecified atom stereocenters. The van der Waals surface area contributed by atoms with E-state index in [1.54, 1.807) is 18.3 Å². The molecule has 0 radical (unpaired) electrons. The number of para-hydroxylation sites is 1. The van der Waals surface area contributed by atoms with Crippen molar-refractivity contribution in [2.45, 2.75) is 25.8 Å². The van der Waals surface area contributed by atoms with Crippen molar-refractivity contribution in [1.29, 1.82) is 0 Å². The quantitative estimate of drug-likeness (QED) is 0.600. The van der Waals surface area contributed by atoms with E-state index in [-0.39, 0.29) is 5.91 Å². The first-order valence-corrected chi connectivity index (χ1v) is 11.1. The van der Waals surface area contributed by atoms with Crippen molar-refractivity contribution in [2.24, 2.45) is 11.8 Å². The van der Waals surface area contributed by atoms with E-state index in [9.17, 15) is 4.79 Å². The lowest BCUT2D eigenvalue weighted by Crippen LogP contribution is -2.43. The maximum atomic E-state index is 11.8. The average Bonchev–Trinajstić information content (AvgIpc) is 3.22. The Hall–Kier alpha value is -2.44. The van der Waals surface area contributed by atoms with Crippen molar-refractivity contribution in [1.82, 2.24) is 15.2 Å². The fraction of sp³-hybridized carbons (Fsp3) is 0.391. The fourth-order valence-electron chi connectivity index (χ4n) is 4.40. The Morgan fingerprint density at radius 3 is 2.86 bits per heavy atom. The highest BCUT2D eigenvalue weighted by molar-refractivity contribution is 7.20. The zero-order valence-corrected chi connectivity index (χ0v) is 17.3. The molecule has 5 rings (SSSR count). The first-order valence-electron chi connectivity index (χ1n) is 10.3. The van der Waals surface area contributed by atoms with Gasteiger partial charge in [0.25, 0.3) is 5.19 Å². The van der Waals surface area contributed by atoms with E-state index >= 15 is 0 Å². The van der Waals surface area contributed by atoms with E-state index in [1.165, 1.54) is 12.0 Å². The van der Waals surface area contributed by atoms with Gasteiger partial charge in [-0.05, 0) is 61.1 Å². The third-order valence-corrected chi connectivity index (χ3v) is 6.97. The second-order valence-electron chi connectivity index (χ2n) is 8.05. The van der Waals surface area contributed by atoms with Crippen LogP contribution in [-0.2, 0) is 11.2 Å². The maximum absolute atomic E-state index is 11.8. The number of benzene rings is 2. The predicted octanol–water partition coefficient (Wildman–Crippen LogP) is 4.09. The predicted molar refractivity (Wildman–Crippen MR) is 115 cm³/mol. The van der Waals surface area contributed by atoms with Gasteiger partial charge in [-0.1, -0.05) is 35.6 Å². The lowest BCUT2D eigenvalue weighted by atomic mass is 10.1. The first-order chi connectivity index (χ1) is 14.2. The largest absolute Gasteiger partial charge is 0.431 e. The van der Waals surface area contributed by atoms with Crippen molar-refractivity contribution >= 4 is 27.5 Å². The number of hydrogen-bond acceptors (Lipinski definition) is 5. The van der Waals surface area contributed by atoms with Gasteiger partial charge >= 0.3 is 0 Å². The molecule has 0 spiro atoms. The molecule has 2 heterocycles. The van der Waals surface area contributed by atoms with Crippen molar-refractivity contribution in [3.8, 4) is 10.9 Å². The van der Waals surface area contributed by atoms with E-state index in [2.05, 4.69) is 33.4 Å². The summed E-state index contributed by atoms with van der Waals surface area (Å²) in [4.78, 5) is 18.3. The van der Waals surface area contributed by atoms with Gasteiger partial charge in [-0.25, -0.2) is 4.98 Å². The Labute approximate surface area is 174 Å². The second kappa shape index (κ2) is 7.76. The molecule has 1 aromatic heterocycles. The Balaban J connectivity index is 1.11. The minimum Gasteiger partial charge on any atom is -0.431 e. The molecule has 1 saturated heterocycles. The standard InChI is InChI=1S/C23H25N3O2S/c1-15(27)26-14-17-12-19(17)21(26)13-24-11-10-16-6-8-18(9-7-16)28-23-25-20-4-2-3-5-22(20)29-23/h2-9,17,19,21,24H,10-14H2,1H3. The molecule has 1 aliphatic heterocycles. The first kappa shape index (κ1) is 18.6. The Bertz CT molecular complexity index is 983. The van der Waals surface area contributed by atoms with Gasteiger partial charge in [0.1, 0.15) is 5.75 Å². The van der Waals surface area contributed by atoms with E-state index in [4.69, 9.17) is 4.74 Å². The molecule has 3 aromatic rings. The monoisotopic (exact) mass is 407 g/mol. The van der Waals surface area contributed by atoms with Crippen molar-refractivity contribution in [2.75, 3.05) is 19.6 Å². The molecule has 1 N–H and O–H groups in total. The second-order valence-corrected chi connectivity index (χ2v) is 9.04. The number of nitrogens with zero attached hydrogens (tertiary/aromatic N) is 2. The molecule has 1 aliphatic carbocycles. The molecule has 1 saturated carbocycles. The Morgan fingerprint density at radius 1 is 1.24 bits per heavy atom. The molecule has 5 nitrogen and oxygen atoms in total. The van der Waals surface area contributed by atoms with Crippen LogP contribution in [0.4, 0.5) is 0 Å². The van der Waals surface area contributed by atoms with E-state index in [0.29, 0.717) is 11.2 Å². The van der Waals surface area contributed by atoms with Crippen LogP contribution >= 0.6 is 11.3 Å². The number of rotatable bonds is 7. The van der Waals surface area contributed by atoms with Gasteiger partial charge in [0.2, 0.25) is 5.91 Å². The summed E-state index contributed by atoms with van der Waals surface area (Å²) in [6.07, 6.45) is 2.26. The average molecular weight is 408 g/mol. The lowest BCUT2D eigenvalue weighted by Gasteiger charge is -2.26. The third kappa shape index (κ3) is 4.00. The third-order valence-electron chi connectivity index (χ3n) is 6.05. The minimum atomic E-state index is 0.215. The zero-order valence-electron chi connectivity index (χ0n) is 16.5. The van der Waals surface area contributed by atoms with Crippen LogP contribution in [0.25, 0.3) is 10.2 Å². The lowest BCUT2D eigenvalue weighted by molar-refractivity contribution is -0.130. The normalized spacial score (nSPS) is 22.7. The van der Waals surface area contributed by atoms with Gasteiger partial charge in [-0.3, -0.25) is 4.79 Å². The zero-order chi connectivity index (χ0) is 19.8. The van der Waals surface area contributed by atoms with Crippen LogP contribution in [0, 0.1) is 11.8 Å². The molecule has 29 heavy (non-hydrogen) atoms. The van der Waals surface area contributed by atoms with Crippen LogP contribution in [0.15, 0.2) is 48.5 Å². The molecule has 1 amide bonds. The van der Waals surface area contributed by atoms with Gasteiger partial charge in [0, 0.05) is 26.1 Å². The number of carbonyl (C=O) groups is 1. The summed E-state index contributed by atoms with van der Waals surface area (Å²) < 4.78 is 7.05. The van der Waals surface area contributed by atoms with Gasteiger partial charge in [-0.15, -0.1) is 0 Å². The highest BCUT2D eigenvalue weighted by Crippen LogP contribution is 2.49. The number of aromatic nitrogens is 1. The molecule has 3 atom stereocenters. The molecule has 2 fully saturated rings. The maximum Gasteiger partial charge on any atom is 0.279 e. The summed E-state index contributed by atoms with van der Waals surface area (Å²) in [6, 6.07) is 16.7. The summed E-state index contributed by atoms with van der Waals surface area (Å²) in [5, 5.41) is 4.23. The molecular weight excluding hydrogens is 382 g/mol. The van der Waals surface area contributed by atoms with E-state index in [1.807, 2.05) is 30.3 Å². The number of nitrogens with one attached hydrogen (secondary N) is 1. The van der Waals surface area contributed by atoms with Gasteiger partial charge in [0.05, 0.1) is 10.2 Å². The fourth-order valence-corrected chi connectivity index (χ4v) is 5.23. The number of ether oxygens (including phenoxy) is 1. The van der Waals surface area contributed by atoms with Gasteiger partial charge in [-0.2, -0.15) is 0 Å². The van der Waals surface area contributed by atoms with E-state index < -0.39 is 0 Å². The van der Waals surface area contributed by atoms with Crippen LogP contribution in [0.3, 0.4) is 0 Å². The van der Waals surface area contributed by atoms with Gasteiger partial charge in [0.15, 0.2) is 0 Å². The number of hydrogen-bond donors (Lipinski definition) is 1. The molecule has 2 aliphatic rings.